The van der Waals surface area contributed by atoms with E-state index in [1.54, 1.807) is 24.4 Å². The Labute approximate surface area is 170 Å². The molecule has 0 radical (unpaired) electrons. The second-order valence-corrected chi connectivity index (χ2v) is 8.88. The van der Waals surface area contributed by atoms with Crippen molar-refractivity contribution in [1.82, 2.24) is 14.8 Å². The molecule has 0 aliphatic heterocycles. The van der Waals surface area contributed by atoms with Gasteiger partial charge in [0, 0.05) is 23.0 Å². The molecule has 0 spiro atoms. The van der Waals surface area contributed by atoms with Crippen LogP contribution in [-0.4, -0.2) is 23.2 Å². The standard InChI is InChI=1S/C22H22N4O2S/c1-15-10-19-7-5-9-21(22(19)23-13-15)29(27,28)25-20-8-4-6-18(12-20)14-26-17(3)11-16(2)24-26/h4-13,25H,14H2,1-3H3. The molecule has 29 heavy (non-hydrogen) atoms. The first-order valence-electron chi connectivity index (χ1n) is 9.30. The van der Waals surface area contributed by atoms with Gasteiger partial charge in [0.05, 0.1) is 17.8 Å². The number of hydrogen-bond donors (Lipinski definition) is 1. The number of aryl methyl sites for hydroxylation is 3. The van der Waals surface area contributed by atoms with Gasteiger partial charge in [-0.1, -0.05) is 24.3 Å². The molecule has 0 atom stereocenters. The molecule has 4 aromatic rings. The van der Waals surface area contributed by atoms with Crippen LogP contribution in [0.5, 0.6) is 0 Å². The fourth-order valence-corrected chi connectivity index (χ4v) is 4.64. The molecule has 0 fully saturated rings. The van der Waals surface area contributed by atoms with Crippen molar-refractivity contribution in [2.24, 2.45) is 0 Å². The van der Waals surface area contributed by atoms with Crippen molar-refractivity contribution in [1.29, 1.82) is 0 Å². The minimum absolute atomic E-state index is 0.166. The van der Waals surface area contributed by atoms with Crippen molar-refractivity contribution in [2.45, 2.75) is 32.2 Å². The zero-order valence-electron chi connectivity index (χ0n) is 16.5. The molecule has 0 saturated heterocycles. The fourth-order valence-electron chi connectivity index (χ4n) is 3.41. The van der Waals surface area contributed by atoms with Crippen LogP contribution in [0.4, 0.5) is 5.69 Å². The number of hydrogen-bond acceptors (Lipinski definition) is 4. The van der Waals surface area contributed by atoms with Crippen molar-refractivity contribution in [3.63, 3.8) is 0 Å². The lowest BCUT2D eigenvalue weighted by molar-refractivity contribution is 0.602. The summed E-state index contributed by atoms with van der Waals surface area (Å²) in [7, 11) is -3.78. The number of nitrogens with one attached hydrogen (secondary N) is 1. The lowest BCUT2D eigenvalue weighted by atomic mass is 10.2. The van der Waals surface area contributed by atoms with Crippen LogP contribution in [0.3, 0.4) is 0 Å². The predicted molar refractivity (Wildman–Crippen MR) is 115 cm³/mol. The van der Waals surface area contributed by atoms with Crippen LogP contribution in [-0.2, 0) is 16.6 Å². The molecule has 0 amide bonds. The number of para-hydroxylation sites is 1. The summed E-state index contributed by atoms with van der Waals surface area (Å²) in [5.74, 6) is 0. The third kappa shape index (κ3) is 4.00. The molecular formula is C22H22N4O2S. The van der Waals surface area contributed by atoms with E-state index in [0.29, 0.717) is 17.7 Å². The largest absolute Gasteiger partial charge is 0.280 e. The first kappa shape index (κ1) is 19.1. The van der Waals surface area contributed by atoms with Crippen LogP contribution < -0.4 is 4.72 Å². The molecule has 2 aromatic carbocycles. The molecule has 4 rings (SSSR count). The van der Waals surface area contributed by atoms with E-state index in [1.807, 2.05) is 61.9 Å². The molecule has 0 saturated carbocycles. The van der Waals surface area contributed by atoms with Crippen molar-refractivity contribution < 1.29 is 8.42 Å². The third-order valence-electron chi connectivity index (χ3n) is 4.72. The molecule has 0 aliphatic carbocycles. The van der Waals surface area contributed by atoms with Gasteiger partial charge in [0.15, 0.2) is 0 Å². The maximum atomic E-state index is 13.1. The first-order chi connectivity index (χ1) is 13.8. The van der Waals surface area contributed by atoms with Crippen molar-refractivity contribution >= 4 is 26.6 Å². The summed E-state index contributed by atoms with van der Waals surface area (Å²) in [6.45, 7) is 6.46. The lowest BCUT2D eigenvalue weighted by Crippen LogP contribution is -2.14. The molecule has 1 N–H and O–H groups in total. The van der Waals surface area contributed by atoms with Crippen LogP contribution in [0, 0.1) is 20.8 Å². The van der Waals surface area contributed by atoms with Crippen molar-refractivity contribution in [2.75, 3.05) is 4.72 Å². The number of sulfonamides is 1. The van der Waals surface area contributed by atoms with E-state index in [4.69, 9.17) is 0 Å². The number of rotatable bonds is 5. The van der Waals surface area contributed by atoms with Gasteiger partial charge < -0.3 is 0 Å². The SMILES string of the molecule is Cc1cnc2c(S(=O)(=O)Nc3cccc(Cn4nc(C)cc4C)c3)cccc2c1. The van der Waals surface area contributed by atoms with Crippen molar-refractivity contribution in [3.05, 3.63) is 83.3 Å². The van der Waals surface area contributed by atoms with Gasteiger partial charge in [-0.05, 0) is 62.2 Å². The maximum Gasteiger partial charge on any atom is 0.264 e. The van der Waals surface area contributed by atoms with E-state index in [0.717, 1.165) is 27.9 Å². The van der Waals surface area contributed by atoms with E-state index < -0.39 is 10.0 Å². The molecule has 0 bridgehead atoms. The number of anilines is 1. The van der Waals surface area contributed by atoms with Gasteiger partial charge in [-0.25, -0.2) is 8.42 Å². The first-order valence-corrected chi connectivity index (χ1v) is 10.8. The molecule has 7 heteroatoms. The highest BCUT2D eigenvalue weighted by molar-refractivity contribution is 7.93. The molecule has 0 unspecified atom stereocenters. The minimum atomic E-state index is -3.78. The van der Waals surface area contributed by atoms with Gasteiger partial charge in [0.1, 0.15) is 4.90 Å². The molecule has 6 nitrogen and oxygen atoms in total. The monoisotopic (exact) mass is 406 g/mol. The second-order valence-electron chi connectivity index (χ2n) is 7.23. The van der Waals surface area contributed by atoms with Gasteiger partial charge in [-0.15, -0.1) is 0 Å². The smallest absolute Gasteiger partial charge is 0.264 e. The van der Waals surface area contributed by atoms with E-state index >= 15 is 0 Å². The zero-order chi connectivity index (χ0) is 20.6. The zero-order valence-corrected chi connectivity index (χ0v) is 17.4. The van der Waals surface area contributed by atoms with E-state index in [2.05, 4.69) is 14.8 Å². The average Bonchev–Trinajstić information content (AvgIpc) is 2.97. The topological polar surface area (TPSA) is 76.9 Å². The second kappa shape index (κ2) is 7.33. The maximum absolute atomic E-state index is 13.1. The Hall–Kier alpha value is -3.19. The molecule has 2 aromatic heterocycles. The summed E-state index contributed by atoms with van der Waals surface area (Å²) < 4.78 is 30.7. The fraction of sp³-hybridized carbons (Fsp3) is 0.182. The summed E-state index contributed by atoms with van der Waals surface area (Å²) in [6.07, 6.45) is 1.68. The average molecular weight is 407 g/mol. The highest BCUT2D eigenvalue weighted by Crippen LogP contribution is 2.24. The van der Waals surface area contributed by atoms with Crippen LogP contribution in [0.2, 0.25) is 0 Å². The Morgan fingerprint density at radius 2 is 1.79 bits per heavy atom. The highest BCUT2D eigenvalue weighted by atomic mass is 32.2. The Morgan fingerprint density at radius 1 is 1.00 bits per heavy atom. The van der Waals surface area contributed by atoms with Gasteiger partial charge in [-0.3, -0.25) is 14.4 Å². The van der Waals surface area contributed by atoms with Gasteiger partial charge in [-0.2, -0.15) is 5.10 Å². The highest BCUT2D eigenvalue weighted by Gasteiger charge is 2.18. The summed E-state index contributed by atoms with van der Waals surface area (Å²) in [5.41, 5.74) is 4.93. The molecule has 0 aliphatic rings. The van der Waals surface area contributed by atoms with Gasteiger partial charge >= 0.3 is 0 Å². The normalized spacial score (nSPS) is 11.7. The Balaban J connectivity index is 1.65. The predicted octanol–water partition coefficient (Wildman–Crippen LogP) is 4.21. The summed E-state index contributed by atoms with van der Waals surface area (Å²) >= 11 is 0. The Bertz CT molecular complexity index is 1310. The minimum Gasteiger partial charge on any atom is -0.280 e. The summed E-state index contributed by atoms with van der Waals surface area (Å²) in [4.78, 5) is 4.51. The van der Waals surface area contributed by atoms with E-state index in [1.165, 1.54) is 0 Å². The molecule has 2 heterocycles. The number of aromatic nitrogens is 3. The van der Waals surface area contributed by atoms with Gasteiger partial charge in [0.2, 0.25) is 0 Å². The van der Waals surface area contributed by atoms with Crippen LogP contribution in [0.1, 0.15) is 22.5 Å². The molecule has 148 valence electrons. The number of benzene rings is 2. The van der Waals surface area contributed by atoms with Gasteiger partial charge in [0.25, 0.3) is 10.0 Å². The lowest BCUT2D eigenvalue weighted by Gasteiger charge is -2.12. The number of fused-ring (bicyclic) bond motifs is 1. The van der Waals surface area contributed by atoms with Crippen molar-refractivity contribution in [3.8, 4) is 0 Å². The Morgan fingerprint density at radius 3 is 2.55 bits per heavy atom. The molecular weight excluding hydrogens is 384 g/mol. The van der Waals surface area contributed by atoms with E-state index in [-0.39, 0.29) is 4.90 Å². The Kier molecular flexibility index (Phi) is 4.84. The summed E-state index contributed by atoms with van der Waals surface area (Å²) in [5, 5.41) is 5.27. The third-order valence-corrected chi connectivity index (χ3v) is 6.13. The van der Waals surface area contributed by atoms with E-state index in [9.17, 15) is 8.42 Å². The number of nitrogens with zero attached hydrogens (tertiary/aromatic N) is 3. The quantitative estimate of drug-likeness (QED) is 0.539. The van der Waals surface area contributed by atoms with Crippen LogP contribution >= 0.6 is 0 Å². The number of pyridine rings is 1. The summed E-state index contributed by atoms with van der Waals surface area (Å²) in [6, 6.07) is 16.5. The van der Waals surface area contributed by atoms with Crippen LogP contribution in [0.25, 0.3) is 10.9 Å². The van der Waals surface area contributed by atoms with Crippen LogP contribution in [0.15, 0.2) is 65.7 Å².